The molecule has 1 N–H and O–H groups in total. The first-order valence-corrected chi connectivity index (χ1v) is 7.98. The molecule has 128 valence electrons. The number of aromatic nitrogens is 2. The minimum Gasteiger partial charge on any atom is -0.465 e. The number of ether oxygens (including phenoxy) is 1. The van der Waals surface area contributed by atoms with Crippen LogP contribution in [0.5, 0.6) is 0 Å². The first kappa shape index (κ1) is 16.7. The number of carbonyl (C=O) groups excluding carboxylic acids is 2. The molecule has 0 unspecified atom stereocenters. The van der Waals surface area contributed by atoms with Gasteiger partial charge in [-0.25, -0.2) is 9.78 Å². The number of amides is 1. The maximum atomic E-state index is 12.3. The average molecular weight is 337 g/mol. The number of anilines is 1. The smallest absolute Gasteiger partial charge is 0.338 e. The van der Waals surface area contributed by atoms with Crippen molar-refractivity contribution in [2.45, 2.75) is 19.9 Å². The number of imidazole rings is 1. The third-order valence-electron chi connectivity index (χ3n) is 4.12. The summed E-state index contributed by atoms with van der Waals surface area (Å²) in [6.07, 6.45) is 2.04. The van der Waals surface area contributed by atoms with Gasteiger partial charge in [-0.2, -0.15) is 0 Å². The molecule has 3 aromatic rings. The third-order valence-corrected chi connectivity index (χ3v) is 4.12. The van der Waals surface area contributed by atoms with Crippen molar-refractivity contribution in [2.24, 2.45) is 0 Å². The van der Waals surface area contributed by atoms with Crippen molar-refractivity contribution in [1.29, 1.82) is 0 Å². The summed E-state index contributed by atoms with van der Waals surface area (Å²) in [7, 11) is 1.34. The molecule has 0 aliphatic carbocycles. The standard InChI is InChI=1S/C19H19N3O3/c1-13-14(19(24)25-2)6-5-8-15(13)21-18(23)10-11-22-12-20-16-7-3-4-9-17(16)22/h3-9,12H,10-11H2,1-2H3,(H,21,23). The van der Waals surface area contributed by atoms with Crippen LogP contribution in [-0.2, 0) is 16.1 Å². The Morgan fingerprint density at radius 2 is 1.96 bits per heavy atom. The van der Waals surface area contributed by atoms with Crippen LogP contribution in [0.1, 0.15) is 22.3 Å². The van der Waals surface area contributed by atoms with Gasteiger partial charge in [0, 0.05) is 18.7 Å². The zero-order chi connectivity index (χ0) is 17.8. The molecule has 0 spiro atoms. The number of methoxy groups -OCH3 is 1. The summed E-state index contributed by atoms with van der Waals surface area (Å²) in [5.41, 5.74) is 3.66. The molecule has 1 heterocycles. The molecule has 0 saturated heterocycles. The van der Waals surface area contributed by atoms with Gasteiger partial charge >= 0.3 is 5.97 Å². The maximum absolute atomic E-state index is 12.3. The summed E-state index contributed by atoms with van der Waals surface area (Å²) in [6.45, 7) is 2.31. The lowest BCUT2D eigenvalue weighted by Gasteiger charge is -2.11. The van der Waals surface area contributed by atoms with Crippen LogP contribution in [0, 0.1) is 6.92 Å². The second kappa shape index (κ2) is 7.17. The highest BCUT2D eigenvalue weighted by molar-refractivity contribution is 5.96. The van der Waals surface area contributed by atoms with Crippen LogP contribution >= 0.6 is 0 Å². The van der Waals surface area contributed by atoms with Crippen molar-refractivity contribution < 1.29 is 14.3 Å². The molecule has 0 fully saturated rings. The number of nitrogens with zero attached hydrogens (tertiary/aromatic N) is 2. The molecule has 0 saturated carbocycles. The van der Waals surface area contributed by atoms with Crippen molar-refractivity contribution in [3.8, 4) is 0 Å². The van der Waals surface area contributed by atoms with Crippen LogP contribution in [0.25, 0.3) is 11.0 Å². The Labute approximate surface area is 145 Å². The van der Waals surface area contributed by atoms with E-state index in [2.05, 4.69) is 10.3 Å². The Morgan fingerprint density at radius 3 is 2.76 bits per heavy atom. The van der Waals surface area contributed by atoms with Gasteiger partial charge in [0.1, 0.15) is 0 Å². The van der Waals surface area contributed by atoms with E-state index in [0.29, 0.717) is 29.8 Å². The van der Waals surface area contributed by atoms with Crippen LogP contribution in [0.3, 0.4) is 0 Å². The van der Waals surface area contributed by atoms with Crippen LogP contribution in [0.15, 0.2) is 48.8 Å². The van der Waals surface area contributed by atoms with E-state index >= 15 is 0 Å². The highest BCUT2D eigenvalue weighted by Crippen LogP contribution is 2.20. The summed E-state index contributed by atoms with van der Waals surface area (Å²) in [5, 5.41) is 2.86. The van der Waals surface area contributed by atoms with Crippen molar-refractivity contribution in [1.82, 2.24) is 9.55 Å². The average Bonchev–Trinajstić information content (AvgIpc) is 3.04. The minimum atomic E-state index is -0.418. The van der Waals surface area contributed by atoms with Gasteiger partial charge in [-0.3, -0.25) is 4.79 Å². The van der Waals surface area contributed by atoms with Crippen LogP contribution in [0.2, 0.25) is 0 Å². The highest BCUT2D eigenvalue weighted by Gasteiger charge is 2.13. The van der Waals surface area contributed by atoms with Crippen LogP contribution < -0.4 is 5.32 Å². The minimum absolute atomic E-state index is 0.122. The fourth-order valence-corrected chi connectivity index (χ4v) is 2.73. The van der Waals surface area contributed by atoms with E-state index in [1.165, 1.54) is 7.11 Å². The predicted octanol–water partition coefficient (Wildman–Crippen LogP) is 3.16. The molecule has 2 aromatic carbocycles. The highest BCUT2D eigenvalue weighted by atomic mass is 16.5. The van der Waals surface area contributed by atoms with Gasteiger partial charge in [-0.1, -0.05) is 18.2 Å². The number of hydrogen-bond donors (Lipinski definition) is 1. The largest absolute Gasteiger partial charge is 0.465 e. The molecule has 1 aromatic heterocycles. The zero-order valence-electron chi connectivity index (χ0n) is 14.2. The normalized spacial score (nSPS) is 10.6. The Kier molecular flexibility index (Phi) is 4.79. The van der Waals surface area contributed by atoms with Crippen molar-refractivity contribution >= 4 is 28.6 Å². The summed E-state index contributed by atoms with van der Waals surface area (Å²) in [6, 6.07) is 13.0. The van der Waals surface area contributed by atoms with Gasteiger partial charge in [0.05, 0.1) is 30.0 Å². The molecule has 6 nitrogen and oxygen atoms in total. The van der Waals surface area contributed by atoms with Crippen molar-refractivity contribution in [3.63, 3.8) is 0 Å². The molecule has 3 rings (SSSR count). The first-order valence-electron chi connectivity index (χ1n) is 7.98. The van der Waals surface area contributed by atoms with Gasteiger partial charge in [-0.05, 0) is 36.8 Å². The second-order valence-corrected chi connectivity index (χ2v) is 5.69. The lowest BCUT2D eigenvalue weighted by Crippen LogP contribution is -2.16. The molecule has 0 atom stereocenters. The topological polar surface area (TPSA) is 73.2 Å². The monoisotopic (exact) mass is 337 g/mol. The molecular weight excluding hydrogens is 318 g/mol. The summed E-state index contributed by atoms with van der Waals surface area (Å²) in [4.78, 5) is 28.3. The van der Waals surface area contributed by atoms with E-state index in [9.17, 15) is 9.59 Å². The molecule has 0 radical (unpaired) electrons. The molecule has 1 amide bonds. The van der Waals surface area contributed by atoms with E-state index in [4.69, 9.17) is 4.74 Å². The van der Waals surface area contributed by atoms with E-state index in [1.54, 1.807) is 31.5 Å². The zero-order valence-corrected chi connectivity index (χ0v) is 14.2. The third kappa shape index (κ3) is 3.52. The number of aryl methyl sites for hydroxylation is 1. The van der Waals surface area contributed by atoms with E-state index < -0.39 is 5.97 Å². The van der Waals surface area contributed by atoms with E-state index in [0.717, 1.165) is 11.0 Å². The summed E-state index contributed by atoms with van der Waals surface area (Å²) in [5.74, 6) is -0.540. The summed E-state index contributed by atoms with van der Waals surface area (Å²) >= 11 is 0. The van der Waals surface area contributed by atoms with Crippen LogP contribution in [0.4, 0.5) is 5.69 Å². The molecule has 0 bridgehead atoms. The molecule has 25 heavy (non-hydrogen) atoms. The second-order valence-electron chi connectivity index (χ2n) is 5.69. The van der Waals surface area contributed by atoms with Gasteiger partial charge in [0.15, 0.2) is 0 Å². The van der Waals surface area contributed by atoms with Crippen molar-refractivity contribution in [2.75, 3.05) is 12.4 Å². The van der Waals surface area contributed by atoms with Gasteiger partial charge in [0.2, 0.25) is 5.91 Å². The Hall–Kier alpha value is -3.15. The van der Waals surface area contributed by atoms with Gasteiger partial charge in [-0.15, -0.1) is 0 Å². The number of fused-ring (bicyclic) bond motifs is 1. The number of nitrogens with one attached hydrogen (secondary N) is 1. The molecule has 0 aliphatic heterocycles. The van der Waals surface area contributed by atoms with E-state index in [-0.39, 0.29) is 5.91 Å². The van der Waals surface area contributed by atoms with E-state index in [1.807, 2.05) is 28.8 Å². The Bertz CT molecular complexity index is 931. The Morgan fingerprint density at radius 1 is 1.16 bits per heavy atom. The predicted molar refractivity (Wildman–Crippen MR) is 95.5 cm³/mol. The lowest BCUT2D eigenvalue weighted by molar-refractivity contribution is -0.116. The number of para-hydroxylation sites is 2. The van der Waals surface area contributed by atoms with Gasteiger partial charge < -0.3 is 14.6 Å². The fourth-order valence-electron chi connectivity index (χ4n) is 2.73. The van der Waals surface area contributed by atoms with Gasteiger partial charge in [0.25, 0.3) is 0 Å². The number of esters is 1. The number of benzene rings is 2. The number of hydrogen-bond acceptors (Lipinski definition) is 4. The number of carbonyl (C=O) groups is 2. The SMILES string of the molecule is COC(=O)c1cccc(NC(=O)CCn2cnc3ccccc32)c1C. The number of rotatable bonds is 5. The molecular formula is C19H19N3O3. The summed E-state index contributed by atoms with van der Waals surface area (Å²) < 4.78 is 6.70. The molecule has 6 heteroatoms. The fraction of sp³-hybridized carbons (Fsp3) is 0.211. The van der Waals surface area contributed by atoms with Crippen LogP contribution in [-0.4, -0.2) is 28.5 Å². The maximum Gasteiger partial charge on any atom is 0.338 e. The first-order chi connectivity index (χ1) is 12.1. The lowest BCUT2D eigenvalue weighted by atomic mass is 10.1. The quantitative estimate of drug-likeness (QED) is 0.726. The van der Waals surface area contributed by atoms with Crippen molar-refractivity contribution in [3.05, 3.63) is 59.9 Å². The Balaban J connectivity index is 1.68. The molecule has 0 aliphatic rings.